The zero-order chi connectivity index (χ0) is 13.8. The van der Waals surface area contributed by atoms with E-state index < -0.39 is 5.60 Å². The minimum absolute atomic E-state index is 0.465. The number of hydrogen-bond acceptors (Lipinski definition) is 4. The molecule has 1 aromatic heterocycles. The molecule has 0 spiro atoms. The predicted molar refractivity (Wildman–Crippen MR) is 83.4 cm³/mol. The standard InChI is InChI=1S/C16H21NO2S/c18-16(11-17-12-16)7-3-8-19-9-6-13-10-20-15-5-2-1-4-14(13)15/h1-2,4-5,10,17-18H,3,6-9,11-12H2. The minimum Gasteiger partial charge on any atom is -0.387 e. The van der Waals surface area contributed by atoms with Crippen molar-refractivity contribution in [2.45, 2.75) is 24.9 Å². The van der Waals surface area contributed by atoms with E-state index in [1.165, 1.54) is 15.6 Å². The number of benzene rings is 1. The first-order valence-corrected chi connectivity index (χ1v) is 8.11. The predicted octanol–water partition coefficient (Wildman–Crippen LogP) is 2.57. The molecule has 2 N–H and O–H groups in total. The molecule has 4 heteroatoms. The maximum Gasteiger partial charge on any atom is 0.0895 e. The van der Waals surface area contributed by atoms with Crippen LogP contribution in [0.4, 0.5) is 0 Å². The van der Waals surface area contributed by atoms with E-state index in [9.17, 15) is 5.11 Å². The molecule has 0 atom stereocenters. The number of fused-ring (bicyclic) bond motifs is 1. The summed E-state index contributed by atoms with van der Waals surface area (Å²) in [4.78, 5) is 0. The van der Waals surface area contributed by atoms with Crippen LogP contribution in [0.15, 0.2) is 29.6 Å². The maximum absolute atomic E-state index is 9.92. The van der Waals surface area contributed by atoms with Gasteiger partial charge < -0.3 is 15.2 Å². The third-order valence-corrected chi connectivity index (χ3v) is 4.93. The summed E-state index contributed by atoms with van der Waals surface area (Å²) < 4.78 is 7.04. The Balaban J connectivity index is 1.37. The van der Waals surface area contributed by atoms with Crippen LogP contribution in [0.2, 0.25) is 0 Å². The van der Waals surface area contributed by atoms with E-state index in [0.29, 0.717) is 0 Å². The van der Waals surface area contributed by atoms with Crippen LogP contribution in [0.5, 0.6) is 0 Å². The first-order valence-electron chi connectivity index (χ1n) is 7.23. The van der Waals surface area contributed by atoms with Crippen molar-refractivity contribution in [1.82, 2.24) is 5.32 Å². The number of rotatable bonds is 7. The molecule has 0 amide bonds. The molecular formula is C16H21NO2S. The van der Waals surface area contributed by atoms with E-state index in [1.54, 1.807) is 11.3 Å². The van der Waals surface area contributed by atoms with Crippen molar-refractivity contribution in [3.8, 4) is 0 Å². The van der Waals surface area contributed by atoms with E-state index >= 15 is 0 Å². The van der Waals surface area contributed by atoms with Gasteiger partial charge in [0.2, 0.25) is 0 Å². The van der Waals surface area contributed by atoms with Crippen LogP contribution in [0.3, 0.4) is 0 Å². The molecule has 0 bridgehead atoms. The number of hydrogen-bond donors (Lipinski definition) is 2. The Labute approximate surface area is 123 Å². The molecule has 1 aliphatic heterocycles. The van der Waals surface area contributed by atoms with Gasteiger partial charge in [0.1, 0.15) is 0 Å². The molecular weight excluding hydrogens is 270 g/mol. The Bertz CT molecular complexity index is 562. The summed E-state index contributed by atoms with van der Waals surface area (Å²) in [5, 5.41) is 16.6. The molecule has 2 aromatic rings. The molecule has 1 fully saturated rings. The van der Waals surface area contributed by atoms with Gasteiger partial charge in [-0.3, -0.25) is 0 Å². The van der Waals surface area contributed by atoms with E-state index in [1.807, 2.05) is 0 Å². The number of ether oxygens (including phenoxy) is 1. The van der Waals surface area contributed by atoms with Gasteiger partial charge in [-0.05, 0) is 41.7 Å². The van der Waals surface area contributed by atoms with Gasteiger partial charge in [0, 0.05) is 24.4 Å². The molecule has 2 heterocycles. The lowest BCUT2D eigenvalue weighted by Gasteiger charge is -2.37. The Hall–Kier alpha value is -0.940. The molecule has 0 radical (unpaired) electrons. The van der Waals surface area contributed by atoms with E-state index in [4.69, 9.17) is 4.74 Å². The highest BCUT2D eigenvalue weighted by Gasteiger charge is 2.33. The number of nitrogens with one attached hydrogen (secondary N) is 1. The van der Waals surface area contributed by atoms with Crippen LogP contribution >= 0.6 is 11.3 Å². The van der Waals surface area contributed by atoms with Crippen molar-refractivity contribution in [2.24, 2.45) is 0 Å². The van der Waals surface area contributed by atoms with Gasteiger partial charge >= 0.3 is 0 Å². The van der Waals surface area contributed by atoms with Crippen LogP contribution in [0.1, 0.15) is 18.4 Å². The van der Waals surface area contributed by atoms with Crippen molar-refractivity contribution in [3.63, 3.8) is 0 Å². The van der Waals surface area contributed by atoms with Gasteiger partial charge in [-0.15, -0.1) is 11.3 Å². The minimum atomic E-state index is -0.465. The van der Waals surface area contributed by atoms with Gasteiger partial charge in [0.25, 0.3) is 0 Å². The largest absolute Gasteiger partial charge is 0.387 e. The van der Waals surface area contributed by atoms with E-state index in [-0.39, 0.29) is 0 Å². The summed E-state index contributed by atoms with van der Waals surface area (Å²) in [7, 11) is 0. The van der Waals surface area contributed by atoms with Crippen molar-refractivity contribution in [3.05, 3.63) is 35.2 Å². The summed E-state index contributed by atoms with van der Waals surface area (Å²) in [5.74, 6) is 0. The molecule has 1 aliphatic rings. The topological polar surface area (TPSA) is 41.5 Å². The molecule has 1 aromatic carbocycles. The maximum atomic E-state index is 9.92. The lowest BCUT2D eigenvalue weighted by Crippen LogP contribution is -2.59. The monoisotopic (exact) mass is 291 g/mol. The smallest absolute Gasteiger partial charge is 0.0895 e. The second-order valence-corrected chi connectivity index (χ2v) is 6.46. The van der Waals surface area contributed by atoms with Gasteiger partial charge in [-0.2, -0.15) is 0 Å². The van der Waals surface area contributed by atoms with Crippen molar-refractivity contribution in [1.29, 1.82) is 0 Å². The third-order valence-electron chi connectivity index (χ3n) is 3.92. The fourth-order valence-corrected chi connectivity index (χ4v) is 3.60. The lowest BCUT2D eigenvalue weighted by molar-refractivity contribution is -0.0246. The highest BCUT2D eigenvalue weighted by Crippen LogP contribution is 2.25. The fourth-order valence-electron chi connectivity index (χ4n) is 2.60. The van der Waals surface area contributed by atoms with Crippen molar-refractivity contribution < 1.29 is 9.84 Å². The quantitative estimate of drug-likeness (QED) is 0.770. The highest BCUT2D eigenvalue weighted by atomic mass is 32.1. The normalized spacial score (nSPS) is 17.2. The zero-order valence-corrected chi connectivity index (χ0v) is 12.4. The van der Waals surface area contributed by atoms with E-state index in [2.05, 4.69) is 35.0 Å². The van der Waals surface area contributed by atoms with Crippen LogP contribution in [0, 0.1) is 0 Å². The average molecular weight is 291 g/mol. The van der Waals surface area contributed by atoms with Gasteiger partial charge in [0.15, 0.2) is 0 Å². The van der Waals surface area contributed by atoms with Crippen LogP contribution in [-0.4, -0.2) is 37.0 Å². The Morgan fingerprint density at radius 3 is 2.90 bits per heavy atom. The molecule has 0 saturated carbocycles. The van der Waals surface area contributed by atoms with Gasteiger partial charge in [-0.1, -0.05) is 18.2 Å². The van der Waals surface area contributed by atoms with Gasteiger partial charge in [0.05, 0.1) is 12.2 Å². The van der Waals surface area contributed by atoms with Crippen molar-refractivity contribution in [2.75, 3.05) is 26.3 Å². The molecule has 108 valence electrons. The fraction of sp³-hybridized carbons (Fsp3) is 0.500. The first-order chi connectivity index (χ1) is 9.77. The number of thiophene rings is 1. The van der Waals surface area contributed by atoms with Crippen LogP contribution in [0.25, 0.3) is 10.1 Å². The average Bonchev–Trinajstić information content (AvgIpc) is 2.84. The van der Waals surface area contributed by atoms with E-state index in [0.717, 1.165) is 45.6 Å². The highest BCUT2D eigenvalue weighted by molar-refractivity contribution is 7.17. The summed E-state index contributed by atoms with van der Waals surface area (Å²) in [6.07, 6.45) is 2.74. The second-order valence-electron chi connectivity index (χ2n) is 5.55. The summed E-state index contributed by atoms with van der Waals surface area (Å²) in [6.45, 7) is 2.96. The lowest BCUT2D eigenvalue weighted by atomic mass is 9.92. The molecule has 20 heavy (non-hydrogen) atoms. The Kier molecular flexibility index (Phi) is 4.36. The summed E-state index contributed by atoms with van der Waals surface area (Å²) in [5.41, 5.74) is 0.917. The third kappa shape index (κ3) is 3.20. The molecule has 0 aliphatic carbocycles. The Morgan fingerprint density at radius 2 is 2.10 bits per heavy atom. The molecule has 3 nitrogen and oxygen atoms in total. The SMILES string of the molecule is OC1(CCCOCCc2csc3ccccc23)CNC1. The second kappa shape index (κ2) is 6.22. The summed E-state index contributed by atoms with van der Waals surface area (Å²) in [6, 6.07) is 8.52. The summed E-state index contributed by atoms with van der Waals surface area (Å²) >= 11 is 1.80. The number of aliphatic hydroxyl groups is 1. The molecule has 3 rings (SSSR count). The van der Waals surface area contributed by atoms with Crippen molar-refractivity contribution >= 4 is 21.4 Å². The van der Waals surface area contributed by atoms with Gasteiger partial charge in [-0.25, -0.2) is 0 Å². The number of β-amino-alcohol motifs (C(OH)–C–C–N with tert-alkyl or cyclic N) is 1. The molecule has 0 unspecified atom stereocenters. The molecule has 1 saturated heterocycles. The first kappa shape index (κ1) is 14.0. The Morgan fingerprint density at radius 1 is 1.25 bits per heavy atom. The van der Waals surface area contributed by atoms with Crippen LogP contribution in [-0.2, 0) is 11.2 Å². The zero-order valence-electron chi connectivity index (χ0n) is 11.6. The van der Waals surface area contributed by atoms with Crippen LogP contribution < -0.4 is 5.32 Å².